The van der Waals surface area contributed by atoms with Gasteiger partial charge in [-0.05, 0) is 17.7 Å². The van der Waals surface area contributed by atoms with E-state index in [-0.39, 0.29) is 23.8 Å². The number of nitrogens with zero attached hydrogens (tertiary/aromatic N) is 2. The van der Waals surface area contributed by atoms with Crippen molar-refractivity contribution in [3.8, 4) is 0 Å². The molecular weight excluding hydrogens is 292 g/mol. The Morgan fingerprint density at radius 1 is 1.17 bits per heavy atom. The van der Waals surface area contributed by atoms with Crippen LogP contribution in [0.25, 0.3) is 0 Å². The highest BCUT2D eigenvalue weighted by atomic mass is 16.2. The van der Waals surface area contributed by atoms with Crippen LogP contribution in [0, 0.1) is 5.92 Å². The van der Waals surface area contributed by atoms with Crippen LogP contribution in [0.1, 0.15) is 38.2 Å². The summed E-state index contributed by atoms with van der Waals surface area (Å²) in [6.07, 6.45) is 3.55. The predicted molar refractivity (Wildman–Crippen MR) is 88.8 cm³/mol. The Morgan fingerprint density at radius 3 is 2.30 bits per heavy atom. The highest BCUT2D eigenvalue weighted by Crippen LogP contribution is 2.22. The number of nitrogens with one attached hydrogen (secondary N) is 2. The maximum absolute atomic E-state index is 12.1. The first-order valence-electron chi connectivity index (χ1n) is 7.53. The van der Waals surface area contributed by atoms with Gasteiger partial charge in [0.15, 0.2) is 0 Å². The molecule has 1 heterocycles. The number of amides is 2. The average Bonchev–Trinajstić information content (AvgIpc) is 2.91. The van der Waals surface area contributed by atoms with Gasteiger partial charge in [0.25, 0.3) is 0 Å². The molecule has 6 nitrogen and oxygen atoms in total. The van der Waals surface area contributed by atoms with Gasteiger partial charge in [0.2, 0.25) is 11.8 Å². The molecule has 23 heavy (non-hydrogen) atoms. The zero-order valence-electron chi connectivity index (χ0n) is 13.8. The molecule has 2 amide bonds. The molecule has 122 valence electrons. The molecule has 2 rings (SSSR count). The number of carbonyl (C=O) groups excluding carboxylic acids is 2. The van der Waals surface area contributed by atoms with Crippen molar-refractivity contribution < 1.29 is 9.59 Å². The molecule has 0 saturated carbocycles. The Hall–Kier alpha value is -2.63. The van der Waals surface area contributed by atoms with Crippen molar-refractivity contribution in [1.29, 1.82) is 0 Å². The lowest BCUT2D eigenvalue weighted by molar-refractivity contribution is -0.124. The minimum Gasteiger partial charge on any atom is -0.342 e. The number of aryl methyl sites for hydroxylation is 1. The summed E-state index contributed by atoms with van der Waals surface area (Å²) < 4.78 is 1.88. The van der Waals surface area contributed by atoms with Gasteiger partial charge in [-0.3, -0.25) is 9.59 Å². The first-order valence-corrected chi connectivity index (χ1v) is 7.53. The van der Waals surface area contributed by atoms with Crippen molar-refractivity contribution in [2.75, 3.05) is 5.32 Å². The Bertz CT molecular complexity index is 689. The normalized spacial score (nSPS) is 12.0. The van der Waals surface area contributed by atoms with Gasteiger partial charge < -0.3 is 15.2 Å². The van der Waals surface area contributed by atoms with E-state index >= 15 is 0 Å². The van der Waals surface area contributed by atoms with E-state index in [1.807, 2.05) is 55.9 Å². The summed E-state index contributed by atoms with van der Waals surface area (Å²) in [5, 5.41) is 5.76. The van der Waals surface area contributed by atoms with E-state index in [1.54, 1.807) is 6.20 Å². The van der Waals surface area contributed by atoms with Gasteiger partial charge in [0, 0.05) is 38.0 Å². The average molecular weight is 314 g/mol. The van der Waals surface area contributed by atoms with Gasteiger partial charge in [0.05, 0.1) is 0 Å². The maximum Gasteiger partial charge on any atom is 0.223 e. The smallest absolute Gasteiger partial charge is 0.223 e. The molecule has 2 N–H and O–H groups in total. The predicted octanol–water partition coefficient (Wildman–Crippen LogP) is 2.24. The third-order valence-electron chi connectivity index (χ3n) is 3.49. The lowest BCUT2D eigenvalue weighted by atomic mass is 10.0. The Kier molecular flexibility index (Phi) is 5.16. The van der Waals surface area contributed by atoms with Crippen LogP contribution >= 0.6 is 0 Å². The summed E-state index contributed by atoms with van der Waals surface area (Å²) in [5.41, 5.74) is 1.62. The third kappa shape index (κ3) is 4.18. The van der Waals surface area contributed by atoms with Crippen LogP contribution in [0.3, 0.4) is 0 Å². The molecule has 2 aromatic rings. The van der Waals surface area contributed by atoms with Crippen molar-refractivity contribution in [1.82, 2.24) is 14.9 Å². The second-order valence-electron chi connectivity index (χ2n) is 5.80. The first-order chi connectivity index (χ1) is 10.9. The molecule has 0 fully saturated rings. The lowest BCUT2D eigenvalue weighted by Crippen LogP contribution is -2.33. The largest absolute Gasteiger partial charge is 0.342 e. The van der Waals surface area contributed by atoms with E-state index in [4.69, 9.17) is 0 Å². The van der Waals surface area contributed by atoms with Crippen molar-refractivity contribution >= 4 is 17.5 Å². The van der Waals surface area contributed by atoms with E-state index in [0.717, 1.165) is 17.1 Å². The lowest BCUT2D eigenvalue weighted by Gasteiger charge is -2.20. The van der Waals surface area contributed by atoms with Crippen LogP contribution in [0.15, 0.2) is 36.7 Å². The number of carbonyl (C=O) groups is 2. The van der Waals surface area contributed by atoms with E-state index in [9.17, 15) is 9.59 Å². The molecule has 1 aromatic heterocycles. The summed E-state index contributed by atoms with van der Waals surface area (Å²) in [4.78, 5) is 27.6. The molecule has 0 saturated heterocycles. The van der Waals surface area contributed by atoms with Gasteiger partial charge in [-0.15, -0.1) is 0 Å². The molecule has 1 aromatic carbocycles. The number of benzene rings is 1. The fourth-order valence-corrected chi connectivity index (χ4v) is 2.22. The monoisotopic (exact) mass is 314 g/mol. The number of aromatic nitrogens is 2. The van der Waals surface area contributed by atoms with Gasteiger partial charge in [-0.1, -0.05) is 26.0 Å². The van der Waals surface area contributed by atoms with Gasteiger partial charge >= 0.3 is 0 Å². The highest BCUT2D eigenvalue weighted by Gasteiger charge is 2.21. The SMILES string of the molecule is CC(=O)Nc1ccc(C(NC(=O)C(C)C)c2nccn2C)cc1. The number of rotatable bonds is 5. The molecule has 0 aliphatic carbocycles. The quantitative estimate of drug-likeness (QED) is 0.888. The van der Waals surface area contributed by atoms with Crippen molar-refractivity contribution in [3.05, 3.63) is 48.0 Å². The highest BCUT2D eigenvalue weighted by molar-refractivity contribution is 5.88. The first kappa shape index (κ1) is 16.7. The van der Waals surface area contributed by atoms with E-state index in [2.05, 4.69) is 15.6 Å². The summed E-state index contributed by atoms with van der Waals surface area (Å²) in [6, 6.07) is 7.05. The van der Waals surface area contributed by atoms with Gasteiger partial charge in [-0.25, -0.2) is 4.98 Å². The molecule has 1 unspecified atom stereocenters. The standard InChI is InChI=1S/C17H22N4O2/c1-11(2)17(23)20-15(16-18-9-10-21(16)4)13-5-7-14(8-6-13)19-12(3)22/h5-11,15H,1-4H3,(H,19,22)(H,20,23). The van der Waals surface area contributed by atoms with E-state index in [1.165, 1.54) is 6.92 Å². The second kappa shape index (κ2) is 7.09. The maximum atomic E-state index is 12.1. The summed E-state index contributed by atoms with van der Waals surface area (Å²) in [5.74, 6) is 0.484. The van der Waals surface area contributed by atoms with Gasteiger partial charge in [-0.2, -0.15) is 0 Å². The van der Waals surface area contributed by atoms with Crippen molar-refractivity contribution in [3.63, 3.8) is 0 Å². The molecule has 0 aliphatic rings. The van der Waals surface area contributed by atoms with Crippen LogP contribution < -0.4 is 10.6 Å². The summed E-state index contributed by atoms with van der Waals surface area (Å²) in [7, 11) is 1.89. The third-order valence-corrected chi connectivity index (χ3v) is 3.49. The Labute approximate surface area is 135 Å². The molecule has 0 aliphatic heterocycles. The number of hydrogen-bond donors (Lipinski definition) is 2. The van der Waals surface area contributed by atoms with Crippen LogP contribution in [0.5, 0.6) is 0 Å². The number of imidazole rings is 1. The fraction of sp³-hybridized carbons (Fsp3) is 0.353. The molecule has 0 bridgehead atoms. The fourth-order valence-electron chi connectivity index (χ4n) is 2.22. The molecule has 1 atom stereocenters. The van der Waals surface area contributed by atoms with Crippen LogP contribution in [0.2, 0.25) is 0 Å². The zero-order valence-corrected chi connectivity index (χ0v) is 13.8. The Balaban J connectivity index is 2.31. The van der Waals surface area contributed by atoms with E-state index < -0.39 is 0 Å². The minimum absolute atomic E-state index is 0.0380. The number of hydrogen-bond acceptors (Lipinski definition) is 3. The minimum atomic E-state index is -0.337. The topological polar surface area (TPSA) is 76.0 Å². The molecule has 6 heteroatoms. The van der Waals surface area contributed by atoms with Crippen LogP contribution in [0.4, 0.5) is 5.69 Å². The molecular formula is C17H22N4O2. The molecule has 0 spiro atoms. The number of anilines is 1. The van der Waals surface area contributed by atoms with Crippen LogP contribution in [-0.2, 0) is 16.6 Å². The van der Waals surface area contributed by atoms with Crippen molar-refractivity contribution in [2.45, 2.75) is 26.8 Å². The molecule has 0 radical (unpaired) electrons. The van der Waals surface area contributed by atoms with Crippen molar-refractivity contribution in [2.24, 2.45) is 13.0 Å². The summed E-state index contributed by atoms with van der Waals surface area (Å²) in [6.45, 7) is 5.17. The zero-order chi connectivity index (χ0) is 17.0. The second-order valence-corrected chi connectivity index (χ2v) is 5.80. The van der Waals surface area contributed by atoms with Gasteiger partial charge in [0.1, 0.15) is 11.9 Å². The summed E-state index contributed by atoms with van der Waals surface area (Å²) >= 11 is 0. The van der Waals surface area contributed by atoms with Crippen LogP contribution in [-0.4, -0.2) is 21.4 Å². The van der Waals surface area contributed by atoms with E-state index in [0.29, 0.717) is 0 Å². The Morgan fingerprint density at radius 2 is 1.83 bits per heavy atom.